The molecule has 1 aromatic carbocycles. The van der Waals surface area contributed by atoms with Gasteiger partial charge in [-0.1, -0.05) is 13.5 Å². The number of benzene rings is 1. The summed E-state index contributed by atoms with van der Waals surface area (Å²) < 4.78 is 39.9. The van der Waals surface area contributed by atoms with Crippen molar-refractivity contribution in [1.82, 2.24) is 4.90 Å². The zero-order chi connectivity index (χ0) is 19.1. The van der Waals surface area contributed by atoms with Crippen LogP contribution < -0.4 is 5.32 Å². The van der Waals surface area contributed by atoms with Crippen LogP contribution >= 0.6 is 0 Å². The Hall–Kier alpha value is -2.24. The molecular formula is C19H26F3N3. The summed E-state index contributed by atoms with van der Waals surface area (Å²) in [5.74, 6) is -3.48. The SMILES string of the molecule is C=C(Nc1cc(F)c(F)c(F)c1)N(C/C(C)=C(\C)C=NC)[C@@H](C)CC. The number of hydrogen-bond acceptors (Lipinski definition) is 3. The van der Waals surface area contributed by atoms with E-state index < -0.39 is 17.5 Å². The first-order valence-electron chi connectivity index (χ1n) is 8.16. The van der Waals surface area contributed by atoms with Gasteiger partial charge in [-0.15, -0.1) is 0 Å². The summed E-state index contributed by atoms with van der Waals surface area (Å²) in [6.45, 7) is 12.6. The molecule has 3 nitrogen and oxygen atoms in total. The largest absolute Gasteiger partial charge is 0.352 e. The molecule has 6 heteroatoms. The number of nitrogens with zero attached hydrogens (tertiary/aromatic N) is 2. The summed E-state index contributed by atoms with van der Waals surface area (Å²) in [7, 11) is 1.71. The molecule has 0 radical (unpaired) electrons. The number of aliphatic imine (C=N–C) groups is 1. The Bertz CT molecular complexity index is 657. The third-order valence-corrected chi connectivity index (χ3v) is 4.15. The van der Waals surface area contributed by atoms with Crippen LogP contribution in [0.1, 0.15) is 34.1 Å². The van der Waals surface area contributed by atoms with Crippen molar-refractivity contribution >= 4 is 11.9 Å². The van der Waals surface area contributed by atoms with Gasteiger partial charge in [0.15, 0.2) is 17.5 Å². The molecule has 25 heavy (non-hydrogen) atoms. The highest BCUT2D eigenvalue weighted by molar-refractivity contribution is 5.78. The second-order valence-electron chi connectivity index (χ2n) is 6.06. The molecule has 1 aromatic rings. The Labute approximate surface area is 147 Å². The van der Waals surface area contributed by atoms with Gasteiger partial charge in [0.25, 0.3) is 0 Å². The summed E-state index contributed by atoms with van der Waals surface area (Å²) in [5, 5.41) is 2.87. The third-order valence-electron chi connectivity index (χ3n) is 4.15. The Morgan fingerprint density at radius 3 is 2.32 bits per heavy atom. The van der Waals surface area contributed by atoms with E-state index in [1.165, 1.54) is 0 Å². The third kappa shape index (κ3) is 5.66. The van der Waals surface area contributed by atoms with Crippen molar-refractivity contribution in [3.63, 3.8) is 0 Å². The van der Waals surface area contributed by atoms with Crippen molar-refractivity contribution in [3.05, 3.63) is 53.1 Å². The van der Waals surface area contributed by atoms with Gasteiger partial charge in [0.05, 0.1) is 5.82 Å². The molecule has 0 aromatic heterocycles. The maximum Gasteiger partial charge on any atom is 0.194 e. The lowest BCUT2D eigenvalue weighted by Gasteiger charge is -2.33. The standard InChI is InChI=1S/C19H26F3N3/c1-7-14(4)25(11-13(3)12(2)10-23-6)15(5)24-16-8-17(20)19(22)18(21)9-16/h8-10,14,24H,5,7,11H2,1-4,6H3/b13-12+,23-10?/t14-/m0/s1. The monoisotopic (exact) mass is 353 g/mol. The molecule has 0 aliphatic rings. The molecule has 0 heterocycles. The minimum absolute atomic E-state index is 0.114. The Morgan fingerprint density at radius 1 is 1.28 bits per heavy atom. The average Bonchev–Trinajstić information content (AvgIpc) is 2.56. The predicted octanol–water partition coefficient (Wildman–Crippen LogP) is 5.12. The summed E-state index contributed by atoms with van der Waals surface area (Å²) in [6.07, 6.45) is 2.64. The van der Waals surface area contributed by atoms with Gasteiger partial charge < -0.3 is 10.2 Å². The maximum absolute atomic E-state index is 13.4. The molecule has 0 aliphatic carbocycles. The lowest BCUT2D eigenvalue weighted by atomic mass is 10.1. The van der Waals surface area contributed by atoms with Crippen LogP contribution in [0, 0.1) is 17.5 Å². The van der Waals surface area contributed by atoms with Crippen LogP contribution in [0.15, 0.2) is 40.7 Å². The smallest absolute Gasteiger partial charge is 0.194 e. The topological polar surface area (TPSA) is 27.6 Å². The maximum atomic E-state index is 13.4. The lowest BCUT2D eigenvalue weighted by Crippen LogP contribution is -2.36. The van der Waals surface area contributed by atoms with Crippen LogP contribution in [-0.4, -0.2) is 30.7 Å². The van der Waals surface area contributed by atoms with Crippen LogP contribution in [0.25, 0.3) is 0 Å². The highest BCUT2D eigenvalue weighted by atomic mass is 19.2. The van der Waals surface area contributed by atoms with Crippen LogP contribution in [0.3, 0.4) is 0 Å². The van der Waals surface area contributed by atoms with Crippen molar-refractivity contribution in [1.29, 1.82) is 0 Å². The van der Waals surface area contributed by atoms with Gasteiger partial charge in [0.1, 0.15) is 0 Å². The van der Waals surface area contributed by atoms with Gasteiger partial charge in [-0.05, 0) is 38.3 Å². The fourth-order valence-corrected chi connectivity index (χ4v) is 2.29. The summed E-state index contributed by atoms with van der Waals surface area (Å²) in [6, 6.07) is 1.98. The van der Waals surface area contributed by atoms with Crippen molar-refractivity contribution in [2.45, 2.75) is 40.2 Å². The Morgan fingerprint density at radius 2 is 1.84 bits per heavy atom. The molecule has 0 bridgehead atoms. The van der Waals surface area contributed by atoms with E-state index in [9.17, 15) is 13.2 Å². The van der Waals surface area contributed by atoms with E-state index in [0.717, 1.165) is 29.7 Å². The van der Waals surface area contributed by atoms with Gasteiger partial charge in [-0.3, -0.25) is 4.99 Å². The second-order valence-corrected chi connectivity index (χ2v) is 6.06. The van der Waals surface area contributed by atoms with E-state index in [-0.39, 0.29) is 11.7 Å². The number of halogens is 3. The molecule has 0 spiro atoms. The first-order valence-corrected chi connectivity index (χ1v) is 8.16. The van der Waals surface area contributed by atoms with Gasteiger partial charge >= 0.3 is 0 Å². The minimum atomic E-state index is -1.48. The van der Waals surface area contributed by atoms with E-state index in [4.69, 9.17) is 0 Å². The molecule has 0 unspecified atom stereocenters. The van der Waals surface area contributed by atoms with Crippen LogP contribution in [0.2, 0.25) is 0 Å². The number of rotatable bonds is 8. The van der Waals surface area contributed by atoms with Crippen LogP contribution in [0.4, 0.5) is 18.9 Å². The highest BCUT2D eigenvalue weighted by Crippen LogP contribution is 2.21. The van der Waals surface area contributed by atoms with Crippen LogP contribution in [0.5, 0.6) is 0 Å². The molecule has 138 valence electrons. The Balaban J connectivity index is 3.04. The molecule has 0 saturated heterocycles. The van der Waals surface area contributed by atoms with Crippen molar-refractivity contribution in [2.75, 3.05) is 18.9 Å². The average molecular weight is 353 g/mol. The van der Waals surface area contributed by atoms with E-state index in [1.807, 2.05) is 32.6 Å². The molecule has 0 fully saturated rings. The van der Waals surface area contributed by atoms with E-state index in [1.54, 1.807) is 13.3 Å². The van der Waals surface area contributed by atoms with E-state index >= 15 is 0 Å². The second kappa shape index (κ2) is 9.30. The summed E-state index contributed by atoms with van der Waals surface area (Å²) >= 11 is 0. The molecule has 0 amide bonds. The van der Waals surface area contributed by atoms with Gasteiger partial charge in [0.2, 0.25) is 0 Å². The Kier molecular flexibility index (Phi) is 7.74. The zero-order valence-corrected chi connectivity index (χ0v) is 15.5. The predicted molar refractivity (Wildman–Crippen MR) is 98.3 cm³/mol. The van der Waals surface area contributed by atoms with Crippen molar-refractivity contribution < 1.29 is 13.2 Å². The molecular weight excluding hydrogens is 327 g/mol. The van der Waals surface area contributed by atoms with Gasteiger partial charge in [-0.2, -0.15) is 0 Å². The first kappa shape index (κ1) is 20.8. The first-order chi connectivity index (χ1) is 11.7. The summed E-state index contributed by atoms with van der Waals surface area (Å²) in [4.78, 5) is 6.01. The normalized spacial score (nSPS) is 13.6. The molecule has 1 N–H and O–H groups in total. The minimum Gasteiger partial charge on any atom is -0.352 e. The fraction of sp³-hybridized carbons (Fsp3) is 0.421. The molecule has 1 atom stereocenters. The number of hydrogen-bond donors (Lipinski definition) is 1. The molecule has 0 saturated carbocycles. The summed E-state index contributed by atoms with van der Waals surface area (Å²) in [5.41, 5.74) is 2.26. The lowest BCUT2D eigenvalue weighted by molar-refractivity contribution is 0.285. The van der Waals surface area contributed by atoms with Gasteiger partial charge in [-0.25, -0.2) is 13.2 Å². The van der Waals surface area contributed by atoms with Gasteiger partial charge in [0, 0.05) is 43.7 Å². The number of nitrogens with one attached hydrogen (secondary N) is 1. The molecule has 0 aliphatic heterocycles. The highest BCUT2D eigenvalue weighted by Gasteiger charge is 2.17. The number of anilines is 1. The quantitative estimate of drug-likeness (QED) is 0.518. The number of allylic oxidation sites excluding steroid dienone is 1. The van der Waals surface area contributed by atoms with Crippen molar-refractivity contribution in [2.24, 2.45) is 4.99 Å². The zero-order valence-electron chi connectivity index (χ0n) is 15.5. The van der Waals surface area contributed by atoms with E-state index in [0.29, 0.717) is 12.4 Å². The van der Waals surface area contributed by atoms with Crippen molar-refractivity contribution in [3.8, 4) is 0 Å². The fourth-order valence-electron chi connectivity index (χ4n) is 2.29. The molecule has 1 rings (SSSR count). The van der Waals surface area contributed by atoms with Crippen LogP contribution in [-0.2, 0) is 0 Å². The van der Waals surface area contributed by atoms with E-state index in [2.05, 4.69) is 16.9 Å².